The Kier molecular flexibility index (Phi) is 3.13. The quantitative estimate of drug-likeness (QED) is 0.733. The molecular weight excluding hydrogens is 315 g/mol. The average molecular weight is 333 g/mol. The van der Waals surface area contributed by atoms with Crippen molar-refractivity contribution in [3.8, 4) is 0 Å². The van der Waals surface area contributed by atoms with Gasteiger partial charge in [-0.15, -0.1) is 0 Å². The fraction of sp³-hybridized carbons (Fsp3) is 0.600. The minimum atomic E-state index is -1.37. The number of rotatable bonds is 3. The van der Waals surface area contributed by atoms with Gasteiger partial charge in [0, 0.05) is 0 Å². The van der Waals surface area contributed by atoms with Gasteiger partial charge in [-0.1, -0.05) is 0 Å². The first-order valence-electron chi connectivity index (χ1n) is 4.03. The van der Waals surface area contributed by atoms with Gasteiger partial charge in [0.1, 0.15) is 0 Å². The van der Waals surface area contributed by atoms with Crippen molar-refractivity contribution in [2.45, 2.75) is 33.1 Å². The topological polar surface area (TPSA) is 0 Å². The summed E-state index contributed by atoms with van der Waals surface area (Å²) >= 11 is -1.37. The van der Waals surface area contributed by atoms with Crippen LogP contribution in [0.15, 0.2) is 24.3 Å². The molecule has 1 aliphatic carbocycles. The van der Waals surface area contributed by atoms with Gasteiger partial charge in [-0.3, -0.25) is 0 Å². The van der Waals surface area contributed by atoms with E-state index in [1.54, 1.807) is 0 Å². The van der Waals surface area contributed by atoms with Crippen LogP contribution in [-0.4, -0.2) is 0 Å². The maximum absolute atomic E-state index is 2.55. The van der Waals surface area contributed by atoms with Gasteiger partial charge in [0.15, 0.2) is 0 Å². The van der Waals surface area contributed by atoms with Crippen molar-refractivity contribution in [3.05, 3.63) is 24.3 Å². The second kappa shape index (κ2) is 3.71. The SMILES string of the molecule is C[CH2][Pt]([CH3])([CH2]C)[CH]1C=CC=C1. The average Bonchev–Trinajstić information content (AvgIpc) is 2.55. The van der Waals surface area contributed by atoms with Crippen molar-refractivity contribution in [1.29, 1.82) is 0 Å². The van der Waals surface area contributed by atoms with Gasteiger partial charge in [0.05, 0.1) is 0 Å². The minimum absolute atomic E-state index is 0.859. The first-order chi connectivity index (χ1) is 5.23. The molecule has 68 valence electrons. The maximum atomic E-state index is 2.55. The molecule has 1 aliphatic rings. The van der Waals surface area contributed by atoms with Crippen molar-refractivity contribution in [1.82, 2.24) is 0 Å². The zero-order valence-electron chi connectivity index (χ0n) is 7.62. The van der Waals surface area contributed by atoms with Crippen LogP contribution in [0.2, 0.25) is 19.2 Å². The van der Waals surface area contributed by atoms with Gasteiger partial charge < -0.3 is 0 Å². The summed E-state index contributed by atoms with van der Waals surface area (Å²) in [6.45, 7) is 4.72. The molecule has 0 aromatic heterocycles. The summed E-state index contributed by atoms with van der Waals surface area (Å²) in [5, 5.41) is 2.55. The predicted molar refractivity (Wildman–Crippen MR) is 48.9 cm³/mol. The molecule has 11 heavy (non-hydrogen) atoms. The zero-order chi connectivity index (χ0) is 8.32. The van der Waals surface area contributed by atoms with E-state index in [-0.39, 0.29) is 0 Å². The molecular formula is C10H18Pt. The fourth-order valence-electron chi connectivity index (χ4n) is 1.14. The first kappa shape index (κ1) is 9.26. The van der Waals surface area contributed by atoms with Crippen LogP contribution in [0.1, 0.15) is 13.8 Å². The van der Waals surface area contributed by atoms with Crippen LogP contribution in [0.3, 0.4) is 0 Å². The van der Waals surface area contributed by atoms with Crippen LogP contribution in [0.25, 0.3) is 0 Å². The molecule has 0 unspecified atom stereocenters. The molecule has 0 saturated heterocycles. The second-order valence-corrected chi connectivity index (χ2v) is 14.9. The van der Waals surface area contributed by atoms with E-state index in [0.717, 1.165) is 4.31 Å². The van der Waals surface area contributed by atoms with Crippen LogP contribution in [0.5, 0.6) is 0 Å². The van der Waals surface area contributed by atoms with Gasteiger partial charge in [-0.2, -0.15) is 0 Å². The molecule has 1 rings (SSSR count). The molecule has 0 bridgehead atoms. The van der Waals surface area contributed by atoms with Gasteiger partial charge in [0.25, 0.3) is 0 Å². The Morgan fingerprint density at radius 1 is 1.09 bits per heavy atom. The number of allylic oxidation sites excluding steroid dienone is 4. The molecule has 0 atom stereocenters. The van der Waals surface area contributed by atoms with E-state index in [9.17, 15) is 0 Å². The molecule has 0 heterocycles. The Bertz CT molecular complexity index is 163. The molecule has 0 spiro atoms. The summed E-state index contributed by atoms with van der Waals surface area (Å²) < 4.78 is 0.859. The third-order valence-corrected chi connectivity index (χ3v) is 14.1. The predicted octanol–water partition coefficient (Wildman–Crippen LogP) is 3.98. The molecule has 0 aromatic rings. The fourth-order valence-corrected chi connectivity index (χ4v) is 7.04. The van der Waals surface area contributed by atoms with E-state index < -0.39 is 16.1 Å². The summed E-state index contributed by atoms with van der Waals surface area (Å²) in [4.78, 5) is 2.89. The molecule has 1 heteroatoms. The van der Waals surface area contributed by atoms with E-state index in [1.807, 2.05) is 0 Å². The van der Waals surface area contributed by atoms with Gasteiger partial charge in [-0.05, 0) is 0 Å². The van der Waals surface area contributed by atoms with Gasteiger partial charge >= 0.3 is 73.5 Å². The van der Waals surface area contributed by atoms with Crippen LogP contribution in [0.4, 0.5) is 0 Å². The monoisotopic (exact) mass is 333 g/mol. The summed E-state index contributed by atoms with van der Waals surface area (Å²) in [5.41, 5.74) is 0. The van der Waals surface area contributed by atoms with Crippen LogP contribution in [0, 0.1) is 0 Å². The molecule has 0 fully saturated rings. The van der Waals surface area contributed by atoms with Crippen molar-refractivity contribution in [3.63, 3.8) is 0 Å². The van der Waals surface area contributed by atoms with Gasteiger partial charge in [0.2, 0.25) is 0 Å². The van der Waals surface area contributed by atoms with Crippen LogP contribution >= 0.6 is 0 Å². The molecule has 0 aliphatic heterocycles. The van der Waals surface area contributed by atoms with E-state index in [0.29, 0.717) is 0 Å². The van der Waals surface area contributed by atoms with Crippen molar-refractivity contribution < 1.29 is 16.1 Å². The third kappa shape index (κ3) is 1.85. The zero-order valence-corrected chi connectivity index (χ0v) is 9.89. The first-order valence-corrected chi connectivity index (χ1v) is 10.8. The Hall–Kier alpha value is 0.168. The Balaban J connectivity index is 2.68. The number of hydrogen-bond acceptors (Lipinski definition) is 0. The van der Waals surface area contributed by atoms with E-state index in [2.05, 4.69) is 43.5 Å². The summed E-state index contributed by atoms with van der Waals surface area (Å²) in [6.07, 6.45) is 9.20. The van der Waals surface area contributed by atoms with Crippen LogP contribution < -0.4 is 0 Å². The molecule has 0 radical (unpaired) electrons. The van der Waals surface area contributed by atoms with Crippen LogP contribution in [-0.2, 0) is 16.1 Å². The normalized spacial score (nSPS) is 19.5. The van der Waals surface area contributed by atoms with E-state index in [4.69, 9.17) is 0 Å². The van der Waals surface area contributed by atoms with E-state index in [1.165, 1.54) is 9.62 Å². The molecule has 0 saturated carbocycles. The Morgan fingerprint density at radius 2 is 1.55 bits per heavy atom. The standard InChI is InChI=1S/C5H5.2C2H5.CH3.Pt/c1-2-4-5-3-1;2*1-2;;/h1-5H;2*1H2,2H3;1H3;. The molecule has 0 nitrogen and oxygen atoms in total. The Morgan fingerprint density at radius 3 is 1.91 bits per heavy atom. The molecule has 0 N–H and O–H groups in total. The van der Waals surface area contributed by atoms with Crippen molar-refractivity contribution in [2.75, 3.05) is 0 Å². The molecule has 0 aromatic carbocycles. The summed E-state index contributed by atoms with van der Waals surface area (Å²) in [7, 11) is 0. The second-order valence-electron chi connectivity index (χ2n) is 2.67. The van der Waals surface area contributed by atoms with Gasteiger partial charge in [-0.25, -0.2) is 0 Å². The van der Waals surface area contributed by atoms with Crippen molar-refractivity contribution >= 4 is 0 Å². The summed E-state index contributed by atoms with van der Waals surface area (Å²) in [5.74, 6) is 0. The Labute approximate surface area is 73.6 Å². The van der Waals surface area contributed by atoms with E-state index >= 15 is 0 Å². The molecule has 0 amide bonds. The number of hydrogen-bond donors (Lipinski definition) is 0. The summed E-state index contributed by atoms with van der Waals surface area (Å²) in [6, 6.07) is 0. The van der Waals surface area contributed by atoms with Crippen molar-refractivity contribution in [2.24, 2.45) is 0 Å². The third-order valence-electron chi connectivity index (χ3n) is 2.21.